The first-order valence-electron chi connectivity index (χ1n) is 9.77. The Hall–Kier alpha value is -2.98. The van der Waals surface area contributed by atoms with E-state index >= 15 is 0 Å². The molecule has 0 aliphatic rings. The van der Waals surface area contributed by atoms with Gasteiger partial charge in [-0.25, -0.2) is 19.7 Å². The summed E-state index contributed by atoms with van der Waals surface area (Å²) in [5.74, 6) is 1.17. The molecule has 0 saturated heterocycles. The fourth-order valence-corrected chi connectivity index (χ4v) is 4.29. The van der Waals surface area contributed by atoms with Gasteiger partial charge in [0, 0.05) is 24.5 Å². The number of aromatic nitrogens is 6. The number of benzene rings is 1. The minimum Gasteiger partial charge on any atom is -0.309 e. The first-order chi connectivity index (χ1) is 15.0. The Kier molecular flexibility index (Phi) is 5.46. The highest BCUT2D eigenvalue weighted by atomic mass is 35.5. The molecule has 0 atom stereocenters. The lowest BCUT2D eigenvalue weighted by Gasteiger charge is -2.19. The van der Waals surface area contributed by atoms with Crippen LogP contribution in [0.25, 0.3) is 21.9 Å². The maximum absolute atomic E-state index is 12.9. The van der Waals surface area contributed by atoms with Gasteiger partial charge in [0.2, 0.25) is 0 Å². The summed E-state index contributed by atoms with van der Waals surface area (Å²) in [5.41, 5.74) is -0.867. The maximum atomic E-state index is 12.9. The van der Waals surface area contributed by atoms with Crippen LogP contribution in [-0.4, -0.2) is 29.1 Å². The fraction of sp³-hybridized carbons (Fsp3) is 0.333. The number of halogens is 1. The largest absolute Gasteiger partial charge is 0.332 e. The zero-order valence-electron chi connectivity index (χ0n) is 18.2. The van der Waals surface area contributed by atoms with Gasteiger partial charge >= 0.3 is 5.69 Å². The first-order valence-corrected chi connectivity index (χ1v) is 11.1. The molecule has 0 aliphatic heterocycles. The van der Waals surface area contributed by atoms with Gasteiger partial charge in [-0.05, 0) is 18.2 Å². The van der Waals surface area contributed by atoms with E-state index in [1.54, 1.807) is 25.2 Å². The molecular formula is C21H21ClN6O3S. The zero-order chi connectivity index (χ0) is 23.4. The van der Waals surface area contributed by atoms with Crippen molar-refractivity contribution in [2.45, 2.75) is 37.0 Å². The molecule has 3 heterocycles. The van der Waals surface area contributed by atoms with Crippen LogP contribution in [-0.2, 0) is 25.3 Å². The molecular weight excluding hydrogens is 452 g/mol. The van der Waals surface area contributed by atoms with Crippen LogP contribution >= 0.6 is 23.4 Å². The van der Waals surface area contributed by atoms with Crippen molar-refractivity contribution in [3.63, 3.8) is 0 Å². The molecule has 166 valence electrons. The summed E-state index contributed by atoms with van der Waals surface area (Å²) in [6.07, 6.45) is 0. The number of nitrogens with one attached hydrogen (secondary N) is 1. The van der Waals surface area contributed by atoms with Gasteiger partial charge in [-0.2, -0.15) is 0 Å². The topological polar surface area (TPSA) is 116 Å². The van der Waals surface area contributed by atoms with E-state index in [2.05, 4.69) is 19.9 Å². The van der Waals surface area contributed by atoms with Crippen LogP contribution in [0.1, 0.15) is 32.4 Å². The van der Waals surface area contributed by atoms with Crippen LogP contribution in [0.3, 0.4) is 0 Å². The zero-order valence-corrected chi connectivity index (χ0v) is 19.8. The van der Waals surface area contributed by atoms with Crippen molar-refractivity contribution in [3.05, 3.63) is 66.1 Å². The molecule has 0 amide bonds. The number of hydrogen-bond donors (Lipinski definition) is 1. The van der Waals surface area contributed by atoms with Crippen LogP contribution in [0.15, 0.2) is 37.6 Å². The third-order valence-corrected chi connectivity index (χ3v) is 6.22. The lowest BCUT2D eigenvalue weighted by atomic mass is 9.96. The molecule has 0 bridgehead atoms. The lowest BCUT2D eigenvalue weighted by molar-refractivity contribution is 0.539. The lowest BCUT2D eigenvalue weighted by Crippen LogP contribution is -2.38. The smallest absolute Gasteiger partial charge is 0.309 e. The minimum absolute atomic E-state index is 0.249. The number of nitrogens with zero attached hydrogens (tertiary/aromatic N) is 5. The van der Waals surface area contributed by atoms with Crippen molar-refractivity contribution >= 4 is 45.3 Å². The molecule has 0 spiro atoms. The molecule has 0 unspecified atom stereocenters. The van der Waals surface area contributed by atoms with E-state index in [4.69, 9.17) is 11.6 Å². The van der Waals surface area contributed by atoms with Crippen LogP contribution in [0.5, 0.6) is 0 Å². The maximum Gasteiger partial charge on any atom is 0.332 e. The molecule has 3 aromatic heterocycles. The number of hydrogen-bond acceptors (Lipinski definition) is 7. The van der Waals surface area contributed by atoms with E-state index in [1.807, 2.05) is 20.8 Å². The van der Waals surface area contributed by atoms with E-state index < -0.39 is 16.7 Å². The predicted molar refractivity (Wildman–Crippen MR) is 126 cm³/mol. The minimum atomic E-state index is -0.474. The van der Waals surface area contributed by atoms with Gasteiger partial charge < -0.3 is 4.98 Å². The summed E-state index contributed by atoms with van der Waals surface area (Å²) < 4.78 is 2.38. The summed E-state index contributed by atoms with van der Waals surface area (Å²) >= 11 is 7.29. The van der Waals surface area contributed by atoms with Crippen LogP contribution in [0.4, 0.5) is 0 Å². The van der Waals surface area contributed by atoms with Crippen LogP contribution < -0.4 is 16.8 Å². The molecule has 11 heteroatoms. The molecule has 0 saturated carbocycles. The standard InChI is InChI=1S/C21H21ClN6O3S/c1-21(2,3)19-25-15-14(18(30)28(5)20(31)27(15)4)17(26-19)32-9-13-23-12-8-10(22)6-7-11(12)16(29)24-13/h6-8H,9H2,1-5H3,(H,23,24,29). The number of aryl methyl sites for hydroxylation is 1. The summed E-state index contributed by atoms with van der Waals surface area (Å²) in [7, 11) is 2.99. The molecule has 0 fully saturated rings. The molecule has 1 N–H and O–H groups in total. The summed E-state index contributed by atoms with van der Waals surface area (Å²) in [6.45, 7) is 5.86. The quantitative estimate of drug-likeness (QED) is 0.359. The Labute approximate surface area is 191 Å². The first kappa shape index (κ1) is 22.2. The average Bonchev–Trinajstić information content (AvgIpc) is 2.73. The monoisotopic (exact) mass is 472 g/mol. The second-order valence-corrected chi connectivity index (χ2v) is 9.87. The van der Waals surface area contributed by atoms with Crippen LogP contribution in [0.2, 0.25) is 5.02 Å². The van der Waals surface area contributed by atoms with E-state index in [0.717, 1.165) is 4.57 Å². The number of fused-ring (bicyclic) bond motifs is 2. The molecule has 4 rings (SSSR count). The second kappa shape index (κ2) is 7.86. The Bertz CT molecular complexity index is 1570. The average molecular weight is 473 g/mol. The molecule has 9 nitrogen and oxygen atoms in total. The van der Waals surface area contributed by atoms with Gasteiger partial charge in [0.25, 0.3) is 11.1 Å². The highest BCUT2D eigenvalue weighted by Gasteiger charge is 2.23. The molecule has 4 aromatic rings. The summed E-state index contributed by atoms with van der Waals surface area (Å²) in [4.78, 5) is 54.2. The van der Waals surface area contributed by atoms with E-state index in [-0.39, 0.29) is 22.3 Å². The fourth-order valence-electron chi connectivity index (χ4n) is 3.23. The van der Waals surface area contributed by atoms with Gasteiger partial charge in [0.1, 0.15) is 22.1 Å². The van der Waals surface area contributed by atoms with Crippen molar-refractivity contribution in [2.24, 2.45) is 14.1 Å². The van der Waals surface area contributed by atoms with Gasteiger partial charge in [-0.15, -0.1) is 0 Å². The van der Waals surface area contributed by atoms with E-state index in [0.29, 0.717) is 32.6 Å². The number of aromatic amines is 1. The molecule has 1 aromatic carbocycles. The Morgan fingerprint density at radius 3 is 2.47 bits per heavy atom. The second-order valence-electron chi connectivity index (χ2n) is 8.47. The third kappa shape index (κ3) is 3.84. The Morgan fingerprint density at radius 1 is 1.06 bits per heavy atom. The number of H-pyrrole nitrogens is 1. The highest BCUT2D eigenvalue weighted by Crippen LogP contribution is 2.28. The van der Waals surface area contributed by atoms with Crippen LogP contribution in [0, 0.1) is 0 Å². The summed E-state index contributed by atoms with van der Waals surface area (Å²) in [6, 6.07) is 4.89. The Balaban J connectivity index is 1.87. The molecule has 32 heavy (non-hydrogen) atoms. The van der Waals surface area contributed by atoms with Gasteiger partial charge in [-0.3, -0.25) is 18.7 Å². The normalized spacial score (nSPS) is 12.1. The van der Waals surface area contributed by atoms with Gasteiger partial charge in [0.15, 0.2) is 5.65 Å². The van der Waals surface area contributed by atoms with Crippen molar-refractivity contribution in [2.75, 3.05) is 0 Å². The Morgan fingerprint density at radius 2 is 1.78 bits per heavy atom. The molecule has 0 aliphatic carbocycles. The van der Waals surface area contributed by atoms with Crippen molar-refractivity contribution in [1.82, 2.24) is 29.1 Å². The highest BCUT2D eigenvalue weighted by molar-refractivity contribution is 7.98. The number of thioether (sulfide) groups is 1. The van der Waals surface area contributed by atoms with Crippen molar-refractivity contribution < 1.29 is 0 Å². The van der Waals surface area contributed by atoms with Crippen molar-refractivity contribution in [3.8, 4) is 0 Å². The van der Waals surface area contributed by atoms with E-state index in [1.165, 1.54) is 23.4 Å². The van der Waals surface area contributed by atoms with Crippen molar-refractivity contribution in [1.29, 1.82) is 0 Å². The predicted octanol–water partition coefficient (Wildman–Crippen LogP) is 2.51. The number of rotatable bonds is 3. The summed E-state index contributed by atoms with van der Waals surface area (Å²) in [5, 5.41) is 1.59. The van der Waals surface area contributed by atoms with Gasteiger partial charge in [-0.1, -0.05) is 44.1 Å². The SMILES string of the molecule is Cn1c(=O)c2c(SCc3nc4cc(Cl)ccc4c(=O)[nH]3)nc(C(C)(C)C)nc2n(C)c1=O. The van der Waals surface area contributed by atoms with Gasteiger partial charge in [0.05, 0.1) is 16.7 Å². The third-order valence-electron chi connectivity index (χ3n) is 5.00. The van der Waals surface area contributed by atoms with E-state index in [9.17, 15) is 14.4 Å². The molecule has 0 radical (unpaired) electrons.